The summed E-state index contributed by atoms with van der Waals surface area (Å²) in [6.07, 6.45) is 0.909. The van der Waals surface area contributed by atoms with E-state index in [-0.39, 0.29) is 23.7 Å². The van der Waals surface area contributed by atoms with E-state index in [1.54, 1.807) is 0 Å². The molecule has 0 unspecified atom stereocenters. The van der Waals surface area contributed by atoms with E-state index >= 15 is 0 Å². The molecule has 0 bridgehead atoms. The first kappa shape index (κ1) is 18.4. The molecular weight excluding hydrogens is 309 g/mol. The average molecular weight is 327 g/mol. The topological polar surface area (TPSA) is 83.1 Å². The van der Waals surface area contributed by atoms with Crippen molar-refractivity contribution in [1.29, 1.82) is 0 Å². The molecule has 1 aromatic carbocycles. The van der Waals surface area contributed by atoms with Gasteiger partial charge in [-0.15, -0.1) is 0 Å². The van der Waals surface area contributed by atoms with Crippen LogP contribution in [0.5, 0.6) is 5.75 Å². The van der Waals surface area contributed by atoms with Gasteiger partial charge in [-0.05, 0) is 12.1 Å². The van der Waals surface area contributed by atoms with Crippen molar-refractivity contribution in [2.24, 2.45) is 0 Å². The normalized spacial score (nSPS) is 10.9. The Kier molecular flexibility index (Phi) is 7.55. The lowest BCUT2D eigenvalue weighted by atomic mass is 10.2. The predicted molar refractivity (Wildman–Crippen MR) is 79.5 cm³/mol. The number of carbonyl (C=O) groups excluding carboxylic acids is 2. The van der Waals surface area contributed by atoms with E-state index in [0.29, 0.717) is 6.61 Å². The zero-order chi connectivity index (χ0) is 17.2. The standard InChI is InChI=1S/C15H18FNO6/c1-20-6-7-23-13-5-4-10(8-11(13)16)17-12(15(19)22-3)9-14(18)21-2/h4-5,8-9,17H,6-7H2,1-3H3/b12-9+. The van der Waals surface area contributed by atoms with Crippen LogP contribution in [0, 0.1) is 5.82 Å². The van der Waals surface area contributed by atoms with Gasteiger partial charge in [0, 0.05) is 18.9 Å². The molecule has 0 aromatic heterocycles. The van der Waals surface area contributed by atoms with Crippen LogP contribution in [0.25, 0.3) is 0 Å². The minimum Gasteiger partial charge on any atom is -0.488 e. The first-order valence-electron chi connectivity index (χ1n) is 6.58. The third-order valence-corrected chi connectivity index (χ3v) is 2.62. The molecule has 1 aromatic rings. The van der Waals surface area contributed by atoms with Crippen LogP contribution in [-0.2, 0) is 23.8 Å². The van der Waals surface area contributed by atoms with Gasteiger partial charge in [0.15, 0.2) is 11.6 Å². The van der Waals surface area contributed by atoms with Crippen LogP contribution in [0.1, 0.15) is 0 Å². The van der Waals surface area contributed by atoms with Crippen molar-refractivity contribution in [2.75, 3.05) is 39.9 Å². The summed E-state index contributed by atoms with van der Waals surface area (Å²) >= 11 is 0. The van der Waals surface area contributed by atoms with Gasteiger partial charge in [0.1, 0.15) is 12.3 Å². The largest absolute Gasteiger partial charge is 0.488 e. The highest BCUT2D eigenvalue weighted by atomic mass is 19.1. The molecule has 8 heteroatoms. The van der Waals surface area contributed by atoms with Crippen LogP contribution in [0.3, 0.4) is 0 Å². The third kappa shape index (κ3) is 5.95. The van der Waals surface area contributed by atoms with Crippen molar-refractivity contribution in [3.63, 3.8) is 0 Å². The molecule has 0 aliphatic rings. The van der Waals surface area contributed by atoms with Gasteiger partial charge < -0.3 is 24.3 Å². The van der Waals surface area contributed by atoms with E-state index in [4.69, 9.17) is 9.47 Å². The fourth-order valence-electron chi connectivity index (χ4n) is 1.52. The number of hydrogen-bond acceptors (Lipinski definition) is 7. The maximum Gasteiger partial charge on any atom is 0.354 e. The molecule has 7 nitrogen and oxygen atoms in total. The molecular formula is C15H18FNO6. The summed E-state index contributed by atoms with van der Waals surface area (Å²) < 4.78 is 32.9. The Morgan fingerprint density at radius 1 is 1.17 bits per heavy atom. The van der Waals surface area contributed by atoms with Gasteiger partial charge >= 0.3 is 11.9 Å². The summed E-state index contributed by atoms with van der Waals surface area (Å²) in [6.45, 7) is 0.531. The number of nitrogens with one attached hydrogen (secondary N) is 1. The predicted octanol–water partition coefficient (Wildman–Crippen LogP) is 1.49. The van der Waals surface area contributed by atoms with Gasteiger partial charge in [-0.2, -0.15) is 0 Å². The molecule has 0 fully saturated rings. The Balaban J connectivity index is 2.88. The average Bonchev–Trinajstić information content (AvgIpc) is 2.55. The molecule has 0 radical (unpaired) electrons. The smallest absolute Gasteiger partial charge is 0.354 e. The van der Waals surface area contributed by atoms with Crippen molar-refractivity contribution in [3.8, 4) is 5.75 Å². The minimum absolute atomic E-state index is 0.0455. The van der Waals surface area contributed by atoms with Gasteiger partial charge in [0.25, 0.3) is 0 Å². The summed E-state index contributed by atoms with van der Waals surface area (Å²) in [5.41, 5.74) is 0.0499. The van der Waals surface area contributed by atoms with Gasteiger partial charge in [0.05, 0.1) is 26.9 Å². The van der Waals surface area contributed by atoms with Crippen molar-refractivity contribution >= 4 is 17.6 Å². The van der Waals surface area contributed by atoms with E-state index in [1.807, 2.05) is 0 Å². The van der Waals surface area contributed by atoms with Crippen molar-refractivity contribution < 1.29 is 32.9 Å². The van der Waals surface area contributed by atoms with Crippen LogP contribution in [0.4, 0.5) is 10.1 Å². The summed E-state index contributed by atoms with van der Waals surface area (Å²) in [7, 11) is 3.83. The zero-order valence-electron chi connectivity index (χ0n) is 13.1. The van der Waals surface area contributed by atoms with Crippen molar-refractivity contribution in [1.82, 2.24) is 0 Å². The summed E-state index contributed by atoms with van der Waals surface area (Å²) in [5.74, 6) is -2.13. The van der Waals surface area contributed by atoms with Gasteiger partial charge in [-0.3, -0.25) is 0 Å². The number of carbonyl (C=O) groups is 2. The molecule has 126 valence electrons. The minimum atomic E-state index is -0.795. The number of ether oxygens (including phenoxy) is 4. The Bertz CT molecular complexity index is 587. The molecule has 0 saturated carbocycles. The Morgan fingerprint density at radius 2 is 1.91 bits per heavy atom. The van der Waals surface area contributed by atoms with Crippen LogP contribution in [0.15, 0.2) is 30.0 Å². The molecule has 0 aliphatic heterocycles. The molecule has 1 rings (SSSR count). The molecule has 0 atom stereocenters. The highest BCUT2D eigenvalue weighted by Crippen LogP contribution is 2.22. The Hall–Kier alpha value is -2.61. The lowest BCUT2D eigenvalue weighted by Crippen LogP contribution is -2.15. The fourth-order valence-corrected chi connectivity index (χ4v) is 1.52. The maximum absolute atomic E-state index is 13.9. The number of halogens is 1. The molecule has 23 heavy (non-hydrogen) atoms. The highest BCUT2D eigenvalue weighted by Gasteiger charge is 2.14. The monoisotopic (exact) mass is 327 g/mol. The Labute approximate surface area is 133 Å². The highest BCUT2D eigenvalue weighted by molar-refractivity contribution is 5.98. The second-order valence-corrected chi connectivity index (χ2v) is 4.18. The van der Waals surface area contributed by atoms with Crippen LogP contribution in [-0.4, -0.2) is 46.5 Å². The lowest BCUT2D eigenvalue weighted by Gasteiger charge is -2.11. The van der Waals surface area contributed by atoms with Gasteiger partial charge in [-0.25, -0.2) is 14.0 Å². The maximum atomic E-state index is 13.9. The quantitative estimate of drug-likeness (QED) is 0.440. The lowest BCUT2D eigenvalue weighted by molar-refractivity contribution is -0.138. The van der Waals surface area contributed by atoms with Crippen LogP contribution >= 0.6 is 0 Å². The van der Waals surface area contributed by atoms with E-state index in [9.17, 15) is 14.0 Å². The van der Waals surface area contributed by atoms with E-state index in [0.717, 1.165) is 19.3 Å². The molecule has 0 spiro atoms. The number of rotatable bonds is 8. The molecule has 0 heterocycles. The number of benzene rings is 1. The van der Waals surface area contributed by atoms with Crippen molar-refractivity contribution in [3.05, 3.63) is 35.8 Å². The van der Waals surface area contributed by atoms with E-state index < -0.39 is 17.8 Å². The fraction of sp³-hybridized carbons (Fsp3) is 0.333. The SMILES string of the molecule is COCCOc1ccc(N/C(=C/C(=O)OC)C(=O)OC)cc1F. The second kappa shape index (κ2) is 9.42. The summed E-state index contributed by atoms with van der Waals surface area (Å²) in [5, 5.41) is 2.60. The Morgan fingerprint density at radius 3 is 2.48 bits per heavy atom. The molecule has 0 amide bonds. The second-order valence-electron chi connectivity index (χ2n) is 4.18. The van der Waals surface area contributed by atoms with Crippen LogP contribution < -0.4 is 10.1 Å². The van der Waals surface area contributed by atoms with E-state index in [1.165, 1.54) is 26.4 Å². The first-order chi connectivity index (χ1) is 11.0. The molecule has 0 saturated heterocycles. The van der Waals surface area contributed by atoms with Gasteiger partial charge in [0.2, 0.25) is 0 Å². The van der Waals surface area contributed by atoms with E-state index in [2.05, 4.69) is 14.8 Å². The molecule has 1 N–H and O–H groups in total. The number of methoxy groups -OCH3 is 3. The van der Waals surface area contributed by atoms with Crippen LogP contribution in [0.2, 0.25) is 0 Å². The third-order valence-electron chi connectivity index (χ3n) is 2.62. The van der Waals surface area contributed by atoms with Gasteiger partial charge in [-0.1, -0.05) is 0 Å². The zero-order valence-corrected chi connectivity index (χ0v) is 13.1. The number of anilines is 1. The number of esters is 2. The molecule has 0 aliphatic carbocycles. The van der Waals surface area contributed by atoms with Crippen molar-refractivity contribution in [2.45, 2.75) is 0 Å². The summed E-state index contributed by atoms with van der Waals surface area (Å²) in [4.78, 5) is 22.8. The first-order valence-corrected chi connectivity index (χ1v) is 6.58. The summed E-state index contributed by atoms with van der Waals surface area (Å²) in [6, 6.07) is 4.00. The number of hydrogen-bond donors (Lipinski definition) is 1.